The Morgan fingerprint density at radius 2 is 1.38 bits per heavy atom. The number of rotatable bonds is 5. The number of piperazine rings is 1. The van der Waals surface area contributed by atoms with Crippen molar-refractivity contribution in [2.45, 2.75) is 12.8 Å². The maximum Gasteiger partial charge on any atom is 0.260 e. The highest BCUT2D eigenvalue weighted by molar-refractivity contribution is 5.94. The van der Waals surface area contributed by atoms with E-state index in [1.54, 1.807) is 4.90 Å². The largest absolute Gasteiger partial charge is 0.484 e. The minimum Gasteiger partial charge on any atom is -0.484 e. The van der Waals surface area contributed by atoms with Crippen LogP contribution in [0.4, 0.5) is 5.69 Å². The molecular weight excluding hydrogens is 366 g/mol. The predicted molar refractivity (Wildman–Crippen MR) is 112 cm³/mol. The van der Waals surface area contributed by atoms with Gasteiger partial charge in [0.2, 0.25) is 0 Å². The first-order chi connectivity index (χ1) is 14.2. The van der Waals surface area contributed by atoms with E-state index in [0.717, 1.165) is 13.1 Å². The van der Waals surface area contributed by atoms with E-state index in [9.17, 15) is 9.59 Å². The summed E-state index contributed by atoms with van der Waals surface area (Å²) < 4.78 is 5.54. The molecule has 2 fully saturated rings. The van der Waals surface area contributed by atoms with Crippen LogP contribution in [0.15, 0.2) is 54.6 Å². The molecule has 0 spiro atoms. The van der Waals surface area contributed by atoms with Crippen LogP contribution in [0.2, 0.25) is 0 Å². The van der Waals surface area contributed by atoms with Gasteiger partial charge in [-0.25, -0.2) is 0 Å². The molecule has 29 heavy (non-hydrogen) atoms. The zero-order chi connectivity index (χ0) is 20.1. The summed E-state index contributed by atoms with van der Waals surface area (Å²) in [5.41, 5.74) is 1.90. The van der Waals surface area contributed by atoms with Gasteiger partial charge in [-0.3, -0.25) is 9.59 Å². The average Bonchev–Trinajstić information content (AvgIpc) is 3.33. The van der Waals surface area contributed by atoms with Crippen LogP contribution in [0.5, 0.6) is 5.75 Å². The molecule has 2 aromatic carbocycles. The molecule has 0 bridgehead atoms. The van der Waals surface area contributed by atoms with Crippen molar-refractivity contribution in [1.82, 2.24) is 9.80 Å². The number of ether oxygens (including phenoxy) is 1. The van der Waals surface area contributed by atoms with Gasteiger partial charge in [-0.05, 0) is 49.2 Å². The zero-order valence-electron chi connectivity index (χ0n) is 16.6. The van der Waals surface area contributed by atoms with E-state index < -0.39 is 0 Å². The van der Waals surface area contributed by atoms with Crippen LogP contribution in [0.3, 0.4) is 0 Å². The first-order valence-corrected chi connectivity index (χ1v) is 10.3. The highest BCUT2D eigenvalue weighted by Crippen LogP contribution is 2.21. The van der Waals surface area contributed by atoms with Crippen molar-refractivity contribution in [3.8, 4) is 5.75 Å². The van der Waals surface area contributed by atoms with Crippen LogP contribution in [0.1, 0.15) is 23.2 Å². The number of nitrogens with zero attached hydrogens (tertiary/aromatic N) is 3. The van der Waals surface area contributed by atoms with Gasteiger partial charge in [0.1, 0.15) is 5.75 Å². The molecule has 6 heteroatoms. The second-order valence-electron chi connectivity index (χ2n) is 7.52. The molecule has 2 aromatic rings. The molecule has 4 rings (SSSR count). The summed E-state index contributed by atoms with van der Waals surface area (Å²) >= 11 is 0. The fourth-order valence-corrected chi connectivity index (χ4v) is 3.88. The molecule has 0 saturated carbocycles. The van der Waals surface area contributed by atoms with Crippen molar-refractivity contribution in [2.75, 3.05) is 50.8 Å². The number of carbonyl (C=O) groups is 2. The van der Waals surface area contributed by atoms with Crippen molar-refractivity contribution >= 4 is 17.5 Å². The van der Waals surface area contributed by atoms with E-state index in [0.29, 0.717) is 37.5 Å². The third-order valence-corrected chi connectivity index (χ3v) is 5.61. The van der Waals surface area contributed by atoms with Gasteiger partial charge in [0, 0.05) is 50.5 Å². The van der Waals surface area contributed by atoms with Gasteiger partial charge in [-0.2, -0.15) is 0 Å². The van der Waals surface area contributed by atoms with Gasteiger partial charge < -0.3 is 19.4 Å². The summed E-state index contributed by atoms with van der Waals surface area (Å²) in [5, 5.41) is 0. The first kappa shape index (κ1) is 19.3. The van der Waals surface area contributed by atoms with Crippen molar-refractivity contribution < 1.29 is 14.3 Å². The lowest BCUT2D eigenvalue weighted by atomic mass is 10.1. The van der Waals surface area contributed by atoms with Crippen molar-refractivity contribution in [3.05, 3.63) is 60.2 Å². The number of para-hydroxylation sites is 1. The summed E-state index contributed by atoms with van der Waals surface area (Å²) in [7, 11) is 0. The lowest BCUT2D eigenvalue weighted by molar-refractivity contribution is -0.134. The van der Waals surface area contributed by atoms with Crippen LogP contribution in [-0.2, 0) is 4.79 Å². The third kappa shape index (κ3) is 4.70. The molecule has 0 atom stereocenters. The van der Waals surface area contributed by atoms with Gasteiger partial charge >= 0.3 is 0 Å². The van der Waals surface area contributed by atoms with Gasteiger partial charge in [-0.1, -0.05) is 18.2 Å². The number of benzene rings is 2. The Morgan fingerprint density at radius 1 is 0.759 bits per heavy atom. The molecule has 6 nitrogen and oxygen atoms in total. The molecule has 2 heterocycles. The number of hydrogen-bond donors (Lipinski definition) is 0. The number of amides is 2. The molecule has 0 aromatic heterocycles. The second-order valence-corrected chi connectivity index (χ2v) is 7.52. The SMILES string of the molecule is O=C(COc1ccccc1)N1CCN(C(=O)c2ccc(N3CCCC3)cc2)CC1. The fraction of sp³-hybridized carbons (Fsp3) is 0.391. The molecule has 2 aliphatic heterocycles. The normalized spacial score (nSPS) is 16.8. The van der Waals surface area contributed by atoms with E-state index in [-0.39, 0.29) is 18.4 Å². The van der Waals surface area contributed by atoms with E-state index >= 15 is 0 Å². The third-order valence-electron chi connectivity index (χ3n) is 5.61. The number of hydrogen-bond acceptors (Lipinski definition) is 4. The first-order valence-electron chi connectivity index (χ1n) is 10.3. The Balaban J connectivity index is 1.26. The summed E-state index contributed by atoms with van der Waals surface area (Å²) in [6.07, 6.45) is 2.47. The van der Waals surface area contributed by atoms with E-state index in [2.05, 4.69) is 4.90 Å². The van der Waals surface area contributed by atoms with Gasteiger partial charge in [0.15, 0.2) is 6.61 Å². The number of carbonyl (C=O) groups excluding carboxylic acids is 2. The van der Waals surface area contributed by atoms with Crippen LogP contribution < -0.4 is 9.64 Å². The lowest BCUT2D eigenvalue weighted by Gasteiger charge is -2.34. The van der Waals surface area contributed by atoms with Crippen molar-refractivity contribution in [3.63, 3.8) is 0 Å². The summed E-state index contributed by atoms with van der Waals surface area (Å²) in [5.74, 6) is 0.675. The summed E-state index contributed by atoms with van der Waals surface area (Å²) in [4.78, 5) is 31.1. The second kappa shape index (κ2) is 8.99. The molecule has 0 radical (unpaired) electrons. The molecule has 152 valence electrons. The minimum atomic E-state index is -0.0454. The molecule has 2 saturated heterocycles. The Bertz CT molecular complexity index is 824. The highest BCUT2D eigenvalue weighted by atomic mass is 16.5. The standard InChI is InChI=1S/C23H27N3O3/c27-22(18-29-21-6-2-1-3-7-21)25-14-16-26(17-15-25)23(28)19-8-10-20(11-9-19)24-12-4-5-13-24/h1-3,6-11H,4-5,12-18H2. The van der Waals surface area contributed by atoms with Gasteiger partial charge in [0.25, 0.3) is 11.8 Å². The maximum absolute atomic E-state index is 12.8. The molecule has 0 aliphatic carbocycles. The Morgan fingerprint density at radius 3 is 2.03 bits per heavy atom. The molecule has 2 amide bonds. The van der Waals surface area contributed by atoms with Crippen LogP contribution in [-0.4, -0.2) is 67.5 Å². The van der Waals surface area contributed by atoms with Crippen LogP contribution >= 0.6 is 0 Å². The fourth-order valence-electron chi connectivity index (χ4n) is 3.88. The van der Waals surface area contributed by atoms with E-state index in [1.165, 1.54) is 18.5 Å². The van der Waals surface area contributed by atoms with Gasteiger partial charge in [-0.15, -0.1) is 0 Å². The Hall–Kier alpha value is -3.02. The smallest absolute Gasteiger partial charge is 0.260 e. The molecule has 0 unspecified atom stereocenters. The average molecular weight is 393 g/mol. The topological polar surface area (TPSA) is 53.1 Å². The van der Waals surface area contributed by atoms with Gasteiger partial charge in [0.05, 0.1) is 0 Å². The lowest BCUT2D eigenvalue weighted by Crippen LogP contribution is -2.51. The van der Waals surface area contributed by atoms with Crippen LogP contribution in [0.25, 0.3) is 0 Å². The van der Waals surface area contributed by atoms with E-state index in [1.807, 2.05) is 59.5 Å². The molecule has 2 aliphatic rings. The summed E-state index contributed by atoms with van der Waals surface area (Å²) in [6.45, 7) is 4.38. The number of anilines is 1. The molecular formula is C23H27N3O3. The zero-order valence-corrected chi connectivity index (χ0v) is 16.6. The van der Waals surface area contributed by atoms with Crippen molar-refractivity contribution in [1.29, 1.82) is 0 Å². The Labute approximate surface area is 171 Å². The van der Waals surface area contributed by atoms with Crippen molar-refractivity contribution in [2.24, 2.45) is 0 Å². The van der Waals surface area contributed by atoms with E-state index in [4.69, 9.17) is 4.74 Å². The predicted octanol–water partition coefficient (Wildman–Crippen LogP) is 2.65. The minimum absolute atomic E-state index is 0.0237. The monoisotopic (exact) mass is 393 g/mol. The highest BCUT2D eigenvalue weighted by Gasteiger charge is 2.25. The van der Waals surface area contributed by atoms with Crippen LogP contribution in [0, 0.1) is 0 Å². The Kier molecular flexibility index (Phi) is 5.98. The molecule has 0 N–H and O–H groups in total. The quantitative estimate of drug-likeness (QED) is 0.784. The maximum atomic E-state index is 12.8. The summed E-state index contributed by atoms with van der Waals surface area (Å²) in [6, 6.07) is 17.2.